The van der Waals surface area contributed by atoms with Crippen LogP contribution in [0.3, 0.4) is 0 Å². The minimum absolute atomic E-state index is 1.13. The van der Waals surface area contributed by atoms with Crippen molar-refractivity contribution < 1.29 is 0 Å². The first-order valence-electron chi connectivity index (χ1n) is 27.9. The molecule has 12 heterocycles. The normalized spacial score (nSPS) is 12.0. The van der Waals surface area contributed by atoms with Crippen LogP contribution in [0.25, 0.3) is 97.5 Å². The molecule has 79 heavy (non-hydrogen) atoms. The van der Waals surface area contributed by atoms with Crippen LogP contribution in [0.15, 0.2) is 132 Å². The second kappa shape index (κ2) is 25.2. The summed E-state index contributed by atoms with van der Waals surface area (Å²) >= 11 is 23.6. The van der Waals surface area contributed by atoms with Crippen molar-refractivity contribution in [3.63, 3.8) is 0 Å². The molecule has 13 heteroatoms. The first-order valence-corrected chi connectivity index (χ1v) is 40.8. The van der Waals surface area contributed by atoms with Crippen LogP contribution in [-0.2, 0) is 25.7 Å². The lowest BCUT2D eigenvalue weighted by Crippen LogP contribution is -2.49. The van der Waals surface area contributed by atoms with E-state index < -0.39 is 8.07 Å². The van der Waals surface area contributed by atoms with Crippen molar-refractivity contribution in [2.75, 3.05) is 0 Å². The molecule has 0 fully saturated rings. The van der Waals surface area contributed by atoms with Crippen molar-refractivity contribution in [3.05, 3.63) is 154 Å². The van der Waals surface area contributed by atoms with Gasteiger partial charge in [-0.2, -0.15) is 0 Å². The number of hydrogen-bond donors (Lipinski definition) is 0. The molecule has 0 saturated heterocycles. The van der Waals surface area contributed by atoms with Gasteiger partial charge in [0.15, 0.2) is 0 Å². The van der Waals surface area contributed by atoms with E-state index in [-0.39, 0.29) is 0 Å². The largest absolute Gasteiger partial charge is 0.144 e. The minimum atomic E-state index is -1.93. The Morgan fingerprint density at radius 1 is 0.266 bits per heavy atom. The number of rotatable bonds is 24. The molecular formula is C66H64S12Si. The third-order valence-corrected chi connectivity index (χ3v) is 35.7. The second-order valence-electron chi connectivity index (χ2n) is 20.8. The third-order valence-electron chi connectivity index (χ3n) is 14.7. The number of thiophene rings is 12. The maximum Gasteiger partial charge on any atom is 0.137 e. The van der Waals surface area contributed by atoms with Gasteiger partial charge in [0.2, 0.25) is 0 Å². The molecule has 0 radical (unpaired) electrons. The predicted molar refractivity (Wildman–Crippen MR) is 373 cm³/mol. The van der Waals surface area contributed by atoms with Crippen molar-refractivity contribution in [1.82, 2.24) is 0 Å². The summed E-state index contributed by atoms with van der Waals surface area (Å²) in [6.45, 7) is 14.3. The van der Waals surface area contributed by atoms with Crippen LogP contribution in [0.5, 0.6) is 0 Å². The summed E-state index contributed by atoms with van der Waals surface area (Å²) in [5.74, 6) is 0. The lowest BCUT2D eigenvalue weighted by atomic mass is 10.1. The molecule has 0 nitrogen and oxygen atoms in total. The van der Waals surface area contributed by atoms with E-state index in [9.17, 15) is 0 Å². The maximum absolute atomic E-state index is 2.55. The zero-order valence-electron chi connectivity index (χ0n) is 45.6. The Balaban J connectivity index is 0.733. The standard InChI is InChI=1S/C66H64S12Si/c1-7-11-15-41-35-37-67-63(41)55-27-23-45(71-55)47-25-29-57(73-47)65-43(17-13-9-3)39-59(77-65)53-21-19-49(69-53)51-31-33-61(75-51)79(5,6)62-34-32-52(76-62)50-20-22-54(70-50)60-40-44(18-14-10-4)66(78-60)58-30-26-48(74-58)46-24-28-56(72-46)64-42(16-12-8-2)36-38-68-64/h19-40H,7-18H2,1-6H3. The van der Waals surface area contributed by atoms with Gasteiger partial charge in [0, 0.05) is 97.5 Å². The van der Waals surface area contributed by atoms with Gasteiger partial charge in [0.05, 0.1) is 0 Å². The molecule has 0 aromatic carbocycles. The van der Waals surface area contributed by atoms with Crippen molar-refractivity contribution in [2.24, 2.45) is 0 Å². The van der Waals surface area contributed by atoms with E-state index in [1.165, 1.54) is 184 Å². The van der Waals surface area contributed by atoms with Gasteiger partial charge >= 0.3 is 0 Å². The predicted octanol–water partition coefficient (Wildman–Crippen LogP) is 25.3. The Hall–Kier alpha value is -3.38. The monoisotopic (exact) mass is 1270 g/mol. The third kappa shape index (κ3) is 12.1. The maximum atomic E-state index is 2.55. The molecule has 0 spiro atoms. The Bertz CT molecular complexity index is 3680. The fourth-order valence-corrected chi connectivity index (χ4v) is 28.0. The number of unbranched alkanes of at least 4 members (excludes halogenated alkanes) is 4. The van der Waals surface area contributed by atoms with Gasteiger partial charge in [-0.05, 0) is 203 Å². The molecule has 404 valence electrons. The van der Waals surface area contributed by atoms with E-state index in [0.717, 1.165) is 12.8 Å². The highest BCUT2D eigenvalue weighted by Gasteiger charge is 2.31. The fourth-order valence-electron chi connectivity index (χ4n) is 10.2. The minimum Gasteiger partial charge on any atom is -0.144 e. The molecule has 0 unspecified atom stereocenters. The number of hydrogen-bond acceptors (Lipinski definition) is 12. The highest BCUT2D eigenvalue weighted by atomic mass is 32.1. The van der Waals surface area contributed by atoms with Gasteiger partial charge < -0.3 is 0 Å². The summed E-state index contributed by atoms with van der Waals surface area (Å²) in [7, 11) is -1.93. The SMILES string of the molecule is CCCCc1ccsc1-c1ccc(-c2ccc(-c3sc(-c4ccc(-c5ccc([Si](C)(C)c6ccc(-c7ccc(-c8cc(CCCC)c(-c9ccc(-c%10ccc(-c%11sccc%11CCCC)s%10)s9)s8)s7)s6)s5)s4)cc3CCCC)s2)s1. The van der Waals surface area contributed by atoms with Crippen LogP contribution in [0.1, 0.15) is 101 Å². The van der Waals surface area contributed by atoms with E-state index in [1.54, 1.807) is 9.00 Å². The first-order chi connectivity index (χ1) is 38.7. The lowest BCUT2D eigenvalue weighted by Gasteiger charge is -2.18. The summed E-state index contributed by atoms with van der Waals surface area (Å²) in [6.07, 6.45) is 14.4. The average molecular weight is 1270 g/mol. The van der Waals surface area contributed by atoms with E-state index >= 15 is 0 Å². The average Bonchev–Trinajstić information content (AvgIpc) is 4.31. The summed E-state index contributed by atoms with van der Waals surface area (Å²) < 4.78 is 3.11. The van der Waals surface area contributed by atoms with Gasteiger partial charge in [-0.1, -0.05) is 78.6 Å². The Morgan fingerprint density at radius 2 is 0.532 bits per heavy atom. The topological polar surface area (TPSA) is 0 Å². The molecule has 12 aromatic rings. The van der Waals surface area contributed by atoms with Gasteiger partial charge in [0.1, 0.15) is 8.07 Å². The van der Waals surface area contributed by atoms with Crippen LogP contribution in [0, 0.1) is 0 Å². The van der Waals surface area contributed by atoms with Crippen molar-refractivity contribution in [2.45, 2.75) is 118 Å². The smallest absolute Gasteiger partial charge is 0.137 e. The van der Waals surface area contributed by atoms with Crippen LogP contribution >= 0.6 is 136 Å². The van der Waals surface area contributed by atoms with Gasteiger partial charge in [-0.25, -0.2) is 0 Å². The Labute approximate surface area is 517 Å². The molecule has 0 saturated carbocycles. The molecule has 0 bridgehead atoms. The molecule has 12 aromatic heterocycles. The van der Waals surface area contributed by atoms with Crippen molar-refractivity contribution in [3.8, 4) is 97.5 Å². The van der Waals surface area contributed by atoms with E-state index in [0.29, 0.717) is 0 Å². The molecule has 0 atom stereocenters. The number of aryl methyl sites for hydroxylation is 4. The van der Waals surface area contributed by atoms with Crippen molar-refractivity contribution >= 4 is 153 Å². The van der Waals surface area contributed by atoms with Crippen LogP contribution in [0.2, 0.25) is 13.1 Å². The summed E-state index contributed by atoms with van der Waals surface area (Å²) in [5, 5.41) is 4.54. The molecule has 0 aliphatic carbocycles. The Kier molecular flexibility index (Phi) is 17.9. The van der Waals surface area contributed by atoms with E-state index in [4.69, 9.17) is 0 Å². The second-order valence-corrected chi connectivity index (χ2v) is 38.5. The highest BCUT2D eigenvalue weighted by molar-refractivity contribution is 7.40. The van der Waals surface area contributed by atoms with Crippen LogP contribution in [-0.4, -0.2) is 8.07 Å². The van der Waals surface area contributed by atoms with Crippen LogP contribution < -0.4 is 9.00 Å². The lowest BCUT2D eigenvalue weighted by molar-refractivity contribution is 0.798. The fraction of sp³-hybridized carbons (Fsp3) is 0.273. The molecular weight excluding hydrogens is 1210 g/mol. The van der Waals surface area contributed by atoms with Gasteiger partial charge in [-0.3, -0.25) is 0 Å². The molecule has 0 aliphatic rings. The van der Waals surface area contributed by atoms with Crippen LogP contribution in [0.4, 0.5) is 0 Å². The van der Waals surface area contributed by atoms with Gasteiger partial charge in [-0.15, -0.1) is 136 Å². The molecule has 0 amide bonds. The molecule has 0 aliphatic heterocycles. The summed E-state index contributed by atoms with van der Waals surface area (Å²) in [6, 6.07) is 47.8. The van der Waals surface area contributed by atoms with E-state index in [1.807, 2.05) is 136 Å². The zero-order chi connectivity index (χ0) is 54.0. The Morgan fingerprint density at radius 3 is 0.873 bits per heavy atom. The highest BCUT2D eigenvalue weighted by Crippen LogP contribution is 2.50. The van der Waals surface area contributed by atoms with Crippen molar-refractivity contribution in [1.29, 1.82) is 0 Å². The summed E-state index contributed by atoms with van der Waals surface area (Å²) in [4.78, 5) is 28.1. The summed E-state index contributed by atoms with van der Waals surface area (Å²) in [5.41, 5.74) is 6.03. The van der Waals surface area contributed by atoms with E-state index in [2.05, 4.69) is 173 Å². The molecule has 12 rings (SSSR count). The molecule has 0 N–H and O–H groups in total. The van der Waals surface area contributed by atoms with Gasteiger partial charge in [0.25, 0.3) is 0 Å². The first kappa shape index (κ1) is 56.1. The zero-order valence-corrected chi connectivity index (χ0v) is 56.4. The quantitative estimate of drug-likeness (QED) is 0.0529.